The number of aromatic nitrogens is 1. The molecule has 1 atom stereocenters. The zero-order valence-electron chi connectivity index (χ0n) is 15.4. The van der Waals surface area contributed by atoms with Gasteiger partial charge in [-0.05, 0) is 25.1 Å². The molecule has 26 heavy (non-hydrogen) atoms. The van der Waals surface area contributed by atoms with Gasteiger partial charge in [0.2, 0.25) is 5.91 Å². The molecule has 0 radical (unpaired) electrons. The van der Waals surface area contributed by atoms with Crippen molar-refractivity contribution >= 4 is 21.6 Å². The van der Waals surface area contributed by atoms with Crippen molar-refractivity contribution in [2.45, 2.75) is 25.8 Å². The lowest BCUT2D eigenvalue weighted by molar-refractivity contribution is -0.131. The zero-order valence-corrected chi connectivity index (χ0v) is 16.2. The molecule has 0 aromatic carbocycles. The molecule has 8 heteroatoms. The third-order valence-corrected chi connectivity index (χ3v) is 7.10. The number of nitrogens with zero attached hydrogens (tertiary/aromatic N) is 4. The number of carbonyl (C=O) groups excluding carboxylic acids is 1. The van der Waals surface area contributed by atoms with Crippen LogP contribution in [0.3, 0.4) is 0 Å². The van der Waals surface area contributed by atoms with Crippen LogP contribution in [0.25, 0.3) is 0 Å². The first-order valence-corrected chi connectivity index (χ1v) is 11.2. The van der Waals surface area contributed by atoms with Crippen LogP contribution in [0.2, 0.25) is 0 Å². The minimum Gasteiger partial charge on any atom is -0.353 e. The SMILES string of the molecule is CCN(CCC(=O)N1CCN(c2ccccn2)CC1)C1CCS(=O)(=O)C1. The minimum atomic E-state index is -2.89. The number of pyridine rings is 1. The van der Waals surface area contributed by atoms with Crippen LogP contribution in [0.4, 0.5) is 5.82 Å². The van der Waals surface area contributed by atoms with Gasteiger partial charge in [0.25, 0.3) is 0 Å². The van der Waals surface area contributed by atoms with E-state index in [1.807, 2.05) is 30.0 Å². The summed E-state index contributed by atoms with van der Waals surface area (Å²) >= 11 is 0. The van der Waals surface area contributed by atoms with Crippen LogP contribution in [0.1, 0.15) is 19.8 Å². The fourth-order valence-electron chi connectivity index (χ4n) is 3.79. The Morgan fingerprint density at radius 3 is 2.62 bits per heavy atom. The van der Waals surface area contributed by atoms with E-state index >= 15 is 0 Å². The predicted molar refractivity (Wildman–Crippen MR) is 102 cm³/mol. The van der Waals surface area contributed by atoms with E-state index in [9.17, 15) is 13.2 Å². The quantitative estimate of drug-likeness (QED) is 0.721. The summed E-state index contributed by atoms with van der Waals surface area (Å²) in [6, 6.07) is 5.94. The van der Waals surface area contributed by atoms with Gasteiger partial charge in [0.05, 0.1) is 11.5 Å². The number of carbonyl (C=O) groups is 1. The zero-order chi connectivity index (χ0) is 18.6. The molecule has 1 aromatic heterocycles. The highest BCUT2D eigenvalue weighted by Gasteiger charge is 2.32. The second-order valence-corrected chi connectivity index (χ2v) is 9.22. The van der Waals surface area contributed by atoms with Crippen molar-refractivity contribution in [2.24, 2.45) is 0 Å². The predicted octanol–water partition coefficient (Wildman–Crippen LogP) is 0.629. The highest BCUT2D eigenvalue weighted by Crippen LogP contribution is 2.18. The molecule has 0 aliphatic carbocycles. The first-order valence-electron chi connectivity index (χ1n) is 9.37. The summed E-state index contributed by atoms with van der Waals surface area (Å²) in [5, 5.41) is 0. The van der Waals surface area contributed by atoms with E-state index in [4.69, 9.17) is 0 Å². The highest BCUT2D eigenvalue weighted by molar-refractivity contribution is 7.91. The van der Waals surface area contributed by atoms with Crippen LogP contribution in [0, 0.1) is 0 Å². The van der Waals surface area contributed by atoms with E-state index in [0.717, 1.165) is 25.5 Å². The summed E-state index contributed by atoms with van der Waals surface area (Å²) in [6.07, 6.45) is 2.93. The lowest BCUT2D eigenvalue weighted by Gasteiger charge is -2.36. The second kappa shape index (κ2) is 8.35. The molecule has 0 N–H and O–H groups in total. The molecule has 0 spiro atoms. The largest absolute Gasteiger partial charge is 0.353 e. The van der Waals surface area contributed by atoms with E-state index in [1.165, 1.54) is 0 Å². The molecule has 2 aliphatic rings. The standard InChI is InChI=1S/C18H28N4O3S/c1-2-20(16-7-14-26(24,25)15-16)9-6-18(23)22-12-10-21(11-13-22)17-5-3-4-8-19-17/h3-5,8,16H,2,6-7,9-15H2,1H3. The normalized spacial score (nSPS) is 22.8. The lowest BCUT2D eigenvalue weighted by Crippen LogP contribution is -2.49. The van der Waals surface area contributed by atoms with E-state index in [1.54, 1.807) is 6.20 Å². The van der Waals surface area contributed by atoms with Gasteiger partial charge in [-0.1, -0.05) is 13.0 Å². The third-order valence-electron chi connectivity index (χ3n) is 5.35. The molecule has 144 valence electrons. The van der Waals surface area contributed by atoms with Gasteiger partial charge >= 0.3 is 0 Å². The number of hydrogen-bond donors (Lipinski definition) is 0. The van der Waals surface area contributed by atoms with Crippen molar-refractivity contribution in [3.63, 3.8) is 0 Å². The average molecular weight is 381 g/mol. The van der Waals surface area contributed by atoms with Crippen molar-refractivity contribution in [3.8, 4) is 0 Å². The monoisotopic (exact) mass is 380 g/mol. The maximum atomic E-state index is 12.6. The summed E-state index contributed by atoms with van der Waals surface area (Å²) < 4.78 is 23.4. The van der Waals surface area contributed by atoms with Crippen molar-refractivity contribution in [1.29, 1.82) is 0 Å². The first kappa shape index (κ1) is 19.1. The fraction of sp³-hybridized carbons (Fsp3) is 0.667. The van der Waals surface area contributed by atoms with Crippen LogP contribution in [-0.2, 0) is 14.6 Å². The smallest absolute Gasteiger partial charge is 0.223 e. The molecule has 3 rings (SSSR count). The molecule has 0 saturated carbocycles. The molecular formula is C18H28N4O3S. The Morgan fingerprint density at radius 2 is 2.04 bits per heavy atom. The van der Waals surface area contributed by atoms with Crippen LogP contribution < -0.4 is 4.90 Å². The Labute approximate surface area is 155 Å². The van der Waals surface area contributed by atoms with Gasteiger partial charge in [0.1, 0.15) is 5.82 Å². The summed E-state index contributed by atoms with van der Waals surface area (Å²) in [5.74, 6) is 1.62. The fourth-order valence-corrected chi connectivity index (χ4v) is 5.55. The second-order valence-electron chi connectivity index (χ2n) is 6.99. The summed E-state index contributed by atoms with van der Waals surface area (Å²) in [4.78, 5) is 23.2. The van der Waals surface area contributed by atoms with Crippen molar-refractivity contribution < 1.29 is 13.2 Å². The number of sulfone groups is 1. The van der Waals surface area contributed by atoms with Gasteiger partial charge in [-0.25, -0.2) is 13.4 Å². The Kier molecular flexibility index (Phi) is 6.13. The van der Waals surface area contributed by atoms with E-state index in [-0.39, 0.29) is 23.5 Å². The van der Waals surface area contributed by atoms with Crippen LogP contribution >= 0.6 is 0 Å². The Bertz CT molecular complexity index is 702. The average Bonchev–Trinajstić information content (AvgIpc) is 3.02. The molecule has 1 amide bonds. The summed E-state index contributed by atoms with van der Waals surface area (Å²) in [7, 11) is -2.89. The molecule has 3 heterocycles. The van der Waals surface area contributed by atoms with Gasteiger partial charge in [-0.15, -0.1) is 0 Å². The van der Waals surface area contributed by atoms with Gasteiger partial charge in [-0.3, -0.25) is 9.69 Å². The molecule has 1 aromatic rings. The van der Waals surface area contributed by atoms with Gasteiger partial charge in [0, 0.05) is 51.4 Å². The van der Waals surface area contributed by atoms with Gasteiger partial charge in [0.15, 0.2) is 9.84 Å². The first-order chi connectivity index (χ1) is 12.5. The maximum absolute atomic E-state index is 12.6. The Balaban J connectivity index is 1.45. The molecule has 2 saturated heterocycles. The number of amides is 1. The molecule has 1 unspecified atom stereocenters. The van der Waals surface area contributed by atoms with Crippen LogP contribution in [0.15, 0.2) is 24.4 Å². The van der Waals surface area contributed by atoms with Crippen LogP contribution in [-0.4, -0.2) is 85.9 Å². The summed E-state index contributed by atoms with van der Waals surface area (Å²) in [6.45, 7) is 6.44. The Hall–Kier alpha value is -1.67. The van der Waals surface area contributed by atoms with Crippen molar-refractivity contribution in [3.05, 3.63) is 24.4 Å². The molecule has 2 fully saturated rings. The lowest BCUT2D eigenvalue weighted by atomic mass is 10.2. The van der Waals surface area contributed by atoms with E-state index in [0.29, 0.717) is 32.5 Å². The minimum absolute atomic E-state index is 0.0683. The van der Waals surface area contributed by atoms with Gasteiger partial charge in [-0.2, -0.15) is 0 Å². The van der Waals surface area contributed by atoms with E-state index < -0.39 is 9.84 Å². The van der Waals surface area contributed by atoms with Crippen LogP contribution in [0.5, 0.6) is 0 Å². The molecule has 0 bridgehead atoms. The summed E-state index contributed by atoms with van der Waals surface area (Å²) in [5.41, 5.74) is 0. The highest BCUT2D eigenvalue weighted by atomic mass is 32.2. The number of piperazine rings is 1. The van der Waals surface area contributed by atoms with Gasteiger partial charge < -0.3 is 9.80 Å². The topological polar surface area (TPSA) is 73.8 Å². The maximum Gasteiger partial charge on any atom is 0.223 e. The number of hydrogen-bond acceptors (Lipinski definition) is 6. The van der Waals surface area contributed by atoms with Crippen molar-refractivity contribution in [1.82, 2.24) is 14.8 Å². The van der Waals surface area contributed by atoms with E-state index in [2.05, 4.69) is 14.8 Å². The number of rotatable bonds is 6. The molecule has 7 nitrogen and oxygen atoms in total. The molecule has 2 aliphatic heterocycles. The molecular weight excluding hydrogens is 352 g/mol. The number of anilines is 1. The third kappa shape index (κ3) is 4.73. The van der Waals surface area contributed by atoms with Crippen molar-refractivity contribution in [2.75, 3.05) is 55.7 Å². The Morgan fingerprint density at radius 1 is 1.27 bits per heavy atom.